The molecule has 1 aromatic rings. The summed E-state index contributed by atoms with van der Waals surface area (Å²) in [7, 11) is 0. The molecular weight excluding hydrogens is 225 g/mol. The molecule has 1 aromatic carbocycles. The Hall–Kier alpha value is -0.890. The number of hydrogen-bond acceptors (Lipinski definition) is 1. The highest BCUT2D eigenvalue weighted by Crippen LogP contribution is 2.42. The molecule has 2 rings (SSSR count). The molecule has 1 nitrogen and oxygen atoms in total. The lowest BCUT2D eigenvalue weighted by atomic mass is 9.66. The largest absolute Gasteiger partial charge is 0.330 e. The fourth-order valence-corrected chi connectivity index (χ4v) is 3.38. The monoisotopic (exact) mass is 249 g/mol. The molecule has 0 aromatic heterocycles. The number of hydrogen-bond donors (Lipinski definition) is 1. The zero-order chi connectivity index (χ0) is 13.0. The molecule has 1 aliphatic carbocycles. The molecule has 0 heterocycles. The number of benzene rings is 1. The predicted molar refractivity (Wildman–Crippen MR) is 73.8 cm³/mol. The van der Waals surface area contributed by atoms with Crippen molar-refractivity contribution in [2.24, 2.45) is 17.1 Å². The second-order valence-corrected chi connectivity index (χ2v) is 5.88. The van der Waals surface area contributed by atoms with Crippen molar-refractivity contribution in [3.05, 3.63) is 35.6 Å². The number of nitrogens with two attached hydrogens (primary N) is 1. The highest BCUT2D eigenvalue weighted by Gasteiger charge is 2.34. The summed E-state index contributed by atoms with van der Waals surface area (Å²) in [4.78, 5) is 0. The molecule has 2 N–H and O–H groups in total. The summed E-state index contributed by atoms with van der Waals surface area (Å²) in [5.41, 5.74) is 7.53. The third-order valence-electron chi connectivity index (χ3n) is 4.54. The van der Waals surface area contributed by atoms with Crippen LogP contribution in [0.5, 0.6) is 0 Å². The molecule has 1 aliphatic rings. The van der Waals surface area contributed by atoms with Crippen molar-refractivity contribution >= 4 is 0 Å². The van der Waals surface area contributed by atoms with Gasteiger partial charge in [-0.25, -0.2) is 4.39 Å². The Morgan fingerprint density at radius 2 is 2.06 bits per heavy atom. The lowest BCUT2D eigenvalue weighted by Gasteiger charge is -2.40. The van der Waals surface area contributed by atoms with E-state index in [2.05, 4.69) is 6.92 Å². The van der Waals surface area contributed by atoms with E-state index in [1.807, 2.05) is 12.1 Å². The minimum absolute atomic E-state index is 0.157. The molecular formula is C16H24FN. The molecule has 0 radical (unpaired) electrons. The van der Waals surface area contributed by atoms with E-state index in [1.54, 1.807) is 12.1 Å². The zero-order valence-electron chi connectivity index (χ0n) is 11.3. The molecule has 18 heavy (non-hydrogen) atoms. The number of rotatable bonds is 4. The van der Waals surface area contributed by atoms with Crippen molar-refractivity contribution in [1.82, 2.24) is 0 Å². The van der Waals surface area contributed by atoms with Crippen molar-refractivity contribution in [3.8, 4) is 0 Å². The molecule has 0 spiro atoms. The fourth-order valence-electron chi connectivity index (χ4n) is 3.38. The Kier molecular flexibility index (Phi) is 4.39. The summed E-state index contributed by atoms with van der Waals surface area (Å²) in [5.74, 6) is 0.665. The highest BCUT2D eigenvalue weighted by molar-refractivity contribution is 5.18. The van der Waals surface area contributed by atoms with Crippen LogP contribution in [0.1, 0.15) is 44.6 Å². The van der Waals surface area contributed by atoms with Gasteiger partial charge in [-0.15, -0.1) is 0 Å². The van der Waals surface area contributed by atoms with Crippen molar-refractivity contribution in [1.29, 1.82) is 0 Å². The van der Waals surface area contributed by atoms with Gasteiger partial charge >= 0.3 is 0 Å². The van der Waals surface area contributed by atoms with Crippen LogP contribution >= 0.6 is 0 Å². The van der Waals surface area contributed by atoms with Crippen LogP contribution in [0.4, 0.5) is 4.39 Å². The molecule has 0 bridgehead atoms. The topological polar surface area (TPSA) is 26.0 Å². The van der Waals surface area contributed by atoms with Gasteiger partial charge in [-0.1, -0.05) is 38.3 Å². The quantitative estimate of drug-likeness (QED) is 0.860. The van der Waals surface area contributed by atoms with Gasteiger partial charge in [0, 0.05) is 0 Å². The van der Waals surface area contributed by atoms with E-state index in [0.29, 0.717) is 0 Å². The van der Waals surface area contributed by atoms with Crippen molar-refractivity contribution < 1.29 is 4.39 Å². The second-order valence-electron chi connectivity index (χ2n) is 5.88. The highest BCUT2D eigenvalue weighted by atomic mass is 19.1. The maximum atomic E-state index is 12.9. The van der Waals surface area contributed by atoms with Gasteiger partial charge in [0.1, 0.15) is 5.82 Å². The molecule has 0 saturated heterocycles. The van der Waals surface area contributed by atoms with E-state index in [4.69, 9.17) is 5.73 Å². The first kappa shape index (κ1) is 13.5. The molecule has 0 aliphatic heterocycles. The Morgan fingerprint density at radius 3 is 2.67 bits per heavy atom. The van der Waals surface area contributed by atoms with Crippen LogP contribution in [0.3, 0.4) is 0 Å². The SMILES string of the molecule is CCC1CCCC(CN)(Cc2ccc(F)cc2)C1. The first-order chi connectivity index (χ1) is 8.67. The average Bonchev–Trinajstić information content (AvgIpc) is 2.42. The summed E-state index contributed by atoms with van der Waals surface area (Å²) in [6.45, 7) is 3.02. The minimum atomic E-state index is -0.157. The van der Waals surface area contributed by atoms with Gasteiger partial charge in [-0.2, -0.15) is 0 Å². The molecule has 0 amide bonds. The maximum Gasteiger partial charge on any atom is 0.123 e. The standard InChI is InChI=1S/C16H24FN/c1-2-13-4-3-9-16(10-13,12-18)11-14-5-7-15(17)8-6-14/h5-8,13H,2-4,9-12,18H2,1H3. The van der Waals surface area contributed by atoms with Crippen LogP contribution in [-0.4, -0.2) is 6.54 Å². The first-order valence-electron chi connectivity index (χ1n) is 7.12. The van der Waals surface area contributed by atoms with Crippen molar-refractivity contribution in [2.75, 3.05) is 6.54 Å². The summed E-state index contributed by atoms with van der Waals surface area (Å²) < 4.78 is 12.9. The van der Waals surface area contributed by atoms with Gasteiger partial charge in [0.25, 0.3) is 0 Å². The van der Waals surface area contributed by atoms with Gasteiger partial charge in [-0.05, 0) is 54.8 Å². The molecule has 2 atom stereocenters. The van der Waals surface area contributed by atoms with Gasteiger partial charge < -0.3 is 5.73 Å². The van der Waals surface area contributed by atoms with E-state index in [0.717, 1.165) is 18.9 Å². The lowest BCUT2D eigenvalue weighted by Crippen LogP contribution is -2.37. The fraction of sp³-hybridized carbons (Fsp3) is 0.625. The van der Waals surface area contributed by atoms with E-state index >= 15 is 0 Å². The van der Waals surface area contributed by atoms with E-state index in [-0.39, 0.29) is 11.2 Å². The van der Waals surface area contributed by atoms with Crippen molar-refractivity contribution in [3.63, 3.8) is 0 Å². The minimum Gasteiger partial charge on any atom is -0.330 e. The third-order valence-corrected chi connectivity index (χ3v) is 4.54. The number of halogens is 1. The van der Waals surface area contributed by atoms with Crippen LogP contribution in [0.15, 0.2) is 24.3 Å². The Bertz CT molecular complexity index is 373. The molecule has 100 valence electrons. The van der Waals surface area contributed by atoms with E-state index in [1.165, 1.54) is 37.7 Å². The average molecular weight is 249 g/mol. The first-order valence-corrected chi connectivity index (χ1v) is 7.12. The van der Waals surface area contributed by atoms with Gasteiger partial charge in [0.05, 0.1) is 0 Å². The van der Waals surface area contributed by atoms with Gasteiger partial charge in [0.15, 0.2) is 0 Å². The Morgan fingerprint density at radius 1 is 1.33 bits per heavy atom. The second kappa shape index (κ2) is 5.83. The van der Waals surface area contributed by atoms with Gasteiger partial charge in [-0.3, -0.25) is 0 Å². The van der Waals surface area contributed by atoms with E-state index in [9.17, 15) is 4.39 Å². The molecule has 2 unspecified atom stereocenters. The van der Waals surface area contributed by atoms with Crippen LogP contribution in [0.25, 0.3) is 0 Å². The molecule has 1 fully saturated rings. The summed E-state index contributed by atoms with van der Waals surface area (Å²) in [6.07, 6.45) is 7.35. The Balaban J connectivity index is 2.09. The summed E-state index contributed by atoms with van der Waals surface area (Å²) in [6, 6.07) is 6.92. The maximum absolute atomic E-state index is 12.9. The smallest absolute Gasteiger partial charge is 0.123 e. The van der Waals surface area contributed by atoms with Crippen LogP contribution in [0, 0.1) is 17.2 Å². The molecule has 2 heteroatoms. The summed E-state index contributed by atoms with van der Waals surface area (Å²) in [5, 5.41) is 0. The van der Waals surface area contributed by atoms with Crippen LogP contribution < -0.4 is 5.73 Å². The lowest BCUT2D eigenvalue weighted by molar-refractivity contribution is 0.142. The van der Waals surface area contributed by atoms with Crippen LogP contribution in [0.2, 0.25) is 0 Å². The third kappa shape index (κ3) is 3.11. The van der Waals surface area contributed by atoms with Crippen LogP contribution in [-0.2, 0) is 6.42 Å². The molecule has 1 saturated carbocycles. The van der Waals surface area contributed by atoms with Gasteiger partial charge in [0.2, 0.25) is 0 Å². The van der Waals surface area contributed by atoms with E-state index < -0.39 is 0 Å². The Labute approximate surface area is 110 Å². The summed E-state index contributed by atoms with van der Waals surface area (Å²) >= 11 is 0. The van der Waals surface area contributed by atoms with Crippen molar-refractivity contribution in [2.45, 2.75) is 45.4 Å². The normalized spacial score (nSPS) is 28.3. The zero-order valence-corrected chi connectivity index (χ0v) is 11.3. The predicted octanol–water partition coefficient (Wildman–Crippen LogP) is 3.91.